The molecule has 2 aromatic rings. The highest BCUT2D eigenvalue weighted by Gasteiger charge is 2.02. The molecule has 0 N–H and O–H groups in total. The van der Waals surface area contributed by atoms with Crippen molar-refractivity contribution in [1.29, 1.82) is 0 Å². The van der Waals surface area contributed by atoms with Gasteiger partial charge in [0.2, 0.25) is 5.12 Å². The van der Waals surface area contributed by atoms with Gasteiger partial charge in [-0.2, -0.15) is 0 Å². The molecule has 1 atom stereocenters. The van der Waals surface area contributed by atoms with E-state index in [0.29, 0.717) is 13.2 Å². The molecule has 5 heteroatoms. The second kappa shape index (κ2) is 8.78. The molecule has 0 amide bonds. The molecule has 0 aliphatic rings. The normalized spacial score (nSPS) is 11.9. The first-order chi connectivity index (χ1) is 10.7. The summed E-state index contributed by atoms with van der Waals surface area (Å²) in [6.45, 7) is 0.852. The van der Waals surface area contributed by atoms with Gasteiger partial charge in [0, 0.05) is 0 Å². The summed E-state index contributed by atoms with van der Waals surface area (Å²) >= 11 is 4.88. The molecule has 0 fully saturated rings. The van der Waals surface area contributed by atoms with Crippen molar-refractivity contribution >= 4 is 25.8 Å². The largest absolute Gasteiger partial charge is 0.491 e. The van der Waals surface area contributed by atoms with Crippen LogP contribution < -0.4 is 4.74 Å². The zero-order valence-corrected chi connectivity index (χ0v) is 14.0. The molecule has 0 unspecified atom stereocenters. The Morgan fingerprint density at radius 3 is 2.27 bits per heavy atom. The van der Waals surface area contributed by atoms with Gasteiger partial charge in [0.05, 0.1) is 6.61 Å². The molecule has 0 saturated carbocycles. The molecule has 0 aliphatic heterocycles. The van der Waals surface area contributed by atoms with Gasteiger partial charge in [-0.1, -0.05) is 51.9 Å². The Kier molecular flexibility index (Phi) is 6.71. The molecule has 0 spiro atoms. The summed E-state index contributed by atoms with van der Waals surface area (Å²) in [6, 6.07) is 18.1. The Morgan fingerprint density at radius 2 is 1.64 bits per heavy atom. The van der Waals surface area contributed by atoms with Crippen LogP contribution in [0.3, 0.4) is 0 Å². The molecule has 2 rings (SSSR count). The van der Waals surface area contributed by atoms with Gasteiger partial charge in [-0.15, -0.1) is 0 Å². The first kappa shape index (κ1) is 16.8. The predicted molar refractivity (Wildman–Crippen MR) is 93.9 cm³/mol. The van der Waals surface area contributed by atoms with E-state index in [0.717, 1.165) is 11.3 Å². The minimum Gasteiger partial charge on any atom is -0.491 e. The van der Waals surface area contributed by atoms with E-state index in [2.05, 4.69) is 12.1 Å². The van der Waals surface area contributed by atoms with Crippen molar-refractivity contribution in [2.75, 3.05) is 26.1 Å². The lowest BCUT2D eigenvalue weighted by Crippen LogP contribution is -2.15. The Morgan fingerprint density at radius 1 is 1.00 bits per heavy atom. The van der Waals surface area contributed by atoms with Crippen LogP contribution in [0.15, 0.2) is 54.6 Å². The first-order valence-electron chi connectivity index (χ1n) is 6.89. The maximum absolute atomic E-state index is 11.3. The molecular formula is C17H18O3S2. The summed E-state index contributed by atoms with van der Waals surface area (Å²) in [5.74, 6) is 0.785. The Hall–Kier alpha value is -1.56. The summed E-state index contributed by atoms with van der Waals surface area (Å²) in [4.78, 5) is 11.3. The van der Waals surface area contributed by atoms with Crippen molar-refractivity contribution in [3.8, 4) is 16.9 Å². The second-order valence-corrected chi connectivity index (χ2v) is 7.48. The average molecular weight is 334 g/mol. The third kappa shape index (κ3) is 5.33. The molecule has 3 nitrogen and oxygen atoms in total. The monoisotopic (exact) mass is 334 g/mol. The lowest BCUT2D eigenvalue weighted by atomic mass is 10.1. The summed E-state index contributed by atoms with van der Waals surface area (Å²) < 4.78 is 10.8. The molecule has 22 heavy (non-hydrogen) atoms. The van der Waals surface area contributed by atoms with E-state index in [1.54, 1.807) is 6.26 Å². The van der Waals surface area contributed by atoms with Crippen LogP contribution in [0.25, 0.3) is 11.1 Å². The molecule has 116 valence electrons. The van der Waals surface area contributed by atoms with Crippen LogP contribution in [0.2, 0.25) is 0 Å². The van der Waals surface area contributed by atoms with E-state index < -0.39 is 9.45 Å². The second-order valence-electron chi connectivity index (χ2n) is 4.62. The maximum atomic E-state index is 11.3. The fourth-order valence-electron chi connectivity index (χ4n) is 1.83. The van der Waals surface area contributed by atoms with Gasteiger partial charge in [0.25, 0.3) is 0 Å². The van der Waals surface area contributed by atoms with E-state index in [1.165, 1.54) is 5.56 Å². The van der Waals surface area contributed by atoms with Crippen molar-refractivity contribution in [3.63, 3.8) is 0 Å². The van der Waals surface area contributed by atoms with Gasteiger partial charge in [-0.05, 0) is 40.7 Å². The van der Waals surface area contributed by atoms with E-state index >= 15 is 0 Å². The standard InChI is InChI=1S/C17H18O3S2/c1-22(21)17(18)13-19-11-12-20-16-9-7-15(8-10-16)14-5-3-2-4-6-14/h2-10H,11-13H2,1H3/t22-/m1/s1. The van der Waals surface area contributed by atoms with Crippen LogP contribution in [0.5, 0.6) is 5.75 Å². The summed E-state index contributed by atoms with van der Waals surface area (Å²) in [5.41, 5.74) is 2.32. The van der Waals surface area contributed by atoms with E-state index in [4.69, 9.17) is 20.7 Å². The van der Waals surface area contributed by atoms with Crippen molar-refractivity contribution in [2.24, 2.45) is 0 Å². The number of benzene rings is 2. The minimum absolute atomic E-state index is 0.0396. The fourth-order valence-corrected chi connectivity index (χ4v) is 2.22. The van der Waals surface area contributed by atoms with Crippen LogP contribution in [-0.2, 0) is 30.2 Å². The third-order valence-electron chi connectivity index (χ3n) is 3.00. The van der Waals surface area contributed by atoms with Gasteiger partial charge >= 0.3 is 0 Å². The Balaban J connectivity index is 1.75. The highest BCUT2D eigenvalue weighted by molar-refractivity contribution is 8.37. The third-order valence-corrected chi connectivity index (χ3v) is 4.32. The van der Waals surface area contributed by atoms with Gasteiger partial charge in [0.15, 0.2) is 0 Å². The topological polar surface area (TPSA) is 35.5 Å². The van der Waals surface area contributed by atoms with Crippen LogP contribution in [0.4, 0.5) is 0 Å². The molecule has 0 radical (unpaired) electrons. The smallest absolute Gasteiger partial charge is 0.218 e. The summed E-state index contributed by atoms with van der Waals surface area (Å²) in [5, 5.41) is -0.0396. The quantitative estimate of drug-likeness (QED) is 0.729. The number of hydrogen-bond donors (Lipinski definition) is 0. The van der Waals surface area contributed by atoms with E-state index in [9.17, 15) is 4.79 Å². The van der Waals surface area contributed by atoms with Gasteiger partial charge in [-0.25, -0.2) is 0 Å². The number of ether oxygens (including phenoxy) is 2. The van der Waals surface area contributed by atoms with Crippen LogP contribution in [-0.4, -0.2) is 31.2 Å². The zero-order valence-electron chi connectivity index (χ0n) is 12.4. The van der Waals surface area contributed by atoms with Gasteiger partial charge < -0.3 is 9.47 Å². The summed E-state index contributed by atoms with van der Waals surface area (Å²) in [7, 11) is -0.644. The lowest BCUT2D eigenvalue weighted by Gasteiger charge is -2.08. The van der Waals surface area contributed by atoms with Crippen molar-refractivity contribution in [1.82, 2.24) is 0 Å². The molecule has 0 bridgehead atoms. The van der Waals surface area contributed by atoms with E-state index in [1.807, 2.05) is 42.5 Å². The number of carbonyl (C=O) groups is 1. The molecule has 0 aromatic heterocycles. The highest BCUT2D eigenvalue weighted by Crippen LogP contribution is 2.21. The summed E-state index contributed by atoms with van der Waals surface area (Å²) in [6.07, 6.45) is 1.71. The van der Waals surface area contributed by atoms with Crippen molar-refractivity contribution < 1.29 is 14.3 Å². The van der Waals surface area contributed by atoms with Crippen LogP contribution >= 0.6 is 0 Å². The molecule has 2 aromatic carbocycles. The molecule has 0 aliphatic carbocycles. The van der Waals surface area contributed by atoms with Crippen LogP contribution in [0, 0.1) is 0 Å². The van der Waals surface area contributed by atoms with E-state index in [-0.39, 0.29) is 11.7 Å². The maximum Gasteiger partial charge on any atom is 0.218 e. The molecular weight excluding hydrogens is 316 g/mol. The number of hydrogen-bond acceptors (Lipinski definition) is 4. The van der Waals surface area contributed by atoms with Crippen molar-refractivity contribution in [3.05, 3.63) is 54.6 Å². The van der Waals surface area contributed by atoms with Gasteiger partial charge in [0.1, 0.15) is 19.0 Å². The van der Waals surface area contributed by atoms with Gasteiger partial charge in [-0.3, -0.25) is 4.79 Å². The zero-order chi connectivity index (χ0) is 15.8. The predicted octanol–water partition coefficient (Wildman–Crippen LogP) is 2.99. The molecule has 0 saturated heterocycles. The first-order valence-corrected chi connectivity index (χ1v) is 9.45. The fraction of sp³-hybridized carbons (Fsp3) is 0.235. The SMILES string of the molecule is C[S@@](=S)C(=O)COCCOc1ccc(-c2ccccc2)cc1. The number of carbonyl (C=O) groups excluding carboxylic acids is 1. The number of rotatable bonds is 7. The molecule has 0 heterocycles. The average Bonchev–Trinajstić information content (AvgIpc) is 2.55. The Bertz CT molecular complexity index is 624. The Labute approximate surface area is 137 Å². The van der Waals surface area contributed by atoms with Crippen molar-refractivity contribution in [2.45, 2.75) is 0 Å². The lowest BCUT2D eigenvalue weighted by molar-refractivity contribution is -0.115. The minimum atomic E-state index is -0.644. The highest BCUT2D eigenvalue weighted by atomic mass is 32.8. The van der Waals surface area contributed by atoms with Crippen LogP contribution in [0.1, 0.15) is 0 Å².